The van der Waals surface area contributed by atoms with Gasteiger partial charge < -0.3 is 14.4 Å². The summed E-state index contributed by atoms with van der Waals surface area (Å²) in [6, 6.07) is 123. The first-order valence-corrected chi connectivity index (χ1v) is 39.8. The highest BCUT2D eigenvalue weighted by Gasteiger charge is 2.47. The average molecular weight is 1420 g/mol. The van der Waals surface area contributed by atoms with Gasteiger partial charge in [-0.2, -0.15) is 0 Å². The molecular weight excluding hydrogens is 1330 g/mol. The van der Waals surface area contributed by atoms with Crippen LogP contribution in [0.1, 0.15) is 62.3 Å². The van der Waals surface area contributed by atoms with Crippen LogP contribution < -0.4 is 46.9 Å². The number of rotatable bonds is 13. The van der Waals surface area contributed by atoms with Crippen LogP contribution in [0.25, 0.3) is 94.3 Å². The maximum Gasteiger partial charge on any atom is 0.252 e. The molecule has 17 aromatic rings. The van der Waals surface area contributed by atoms with Crippen LogP contribution >= 0.6 is 0 Å². The molecule has 2 aliphatic rings. The van der Waals surface area contributed by atoms with E-state index in [2.05, 4.69) is 361 Å². The van der Waals surface area contributed by atoms with Gasteiger partial charge in [-0.05, 0) is 164 Å². The number of para-hydroxylation sites is 2. The zero-order valence-electron chi connectivity index (χ0n) is 68.8. The molecule has 0 aliphatic carbocycles. The summed E-state index contributed by atoms with van der Waals surface area (Å²) in [6.45, 7) is 13.2. The van der Waals surface area contributed by atoms with E-state index in [4.69, 9.17) is 0 Å². The van der Waals surface area contributed by atoms with E-state index in [0.29, 0.717) is 11.3 Å². The van der Waals surface area contributed by atoms with E-state index in [1.165, 1.54) is 20.7 Å². The normalized spacial score (nSPS) is 13.5. The molecule has 0 radical (unpaired) electrons. The molecule has 0 unspecified atom stereocenters. The first kappa shape index (κ1) is 59.4. The van der Waals surface area contributed by atoms with Crippen molar-refractivity contribution in [3.05, 3.63) is 399 Å². The quantitative estimate of drug-likeness (QED) is 0.0842. The molecular formula is C104H82BN3Si. The zero-order chi connectivity index (χ0) is 79.6. The molecule has 0 saturated carbocycles. The zero-order valence-corrected chi connectivity index (χ0v) is 62.8. The summed E-state index contributed by atoms with van der Waals surface area (Å²) in [7, 11) is -2.94. The number of benzene rings is 16. The molecule has 3 nitrogen and oxygen atoms in total. The van der Waals surface area contributed by atoms with Crippen LogP contribution in [0.15, 0.2) is 388 Å². The van der Waals surface area contributed by atoms with Gasteiger partial charge in [-0.25, -0.2) is 0 Å². The number of hydrogen-bond acceptors (Lipinski definition) is 2. The van der Waals surface area contributed by atoms with Gasteiger partial charge in [0.25, 0.3) is 6.71 Å². The fourth-order valence-electron chi connectivity index (χ4n) is 17.2. The van der Waals surface area contributed by atoms with E-state index in [0.717, 1.165) is 117 Å². The molecule has 0 amide bonds. The molecule has 0 atom stereocenters. The van der Waals surface area contributed by atoms with Gasteiger partial charge in [0.05, 0.1) is 32.0 Å². The van der Waals surface area contributed by atoms with Crippen LogP contribution in [-0.4, -0.2) is 19.4 Å². The van der Waals surface area contributed by atoms with E-state index >= 15 is 0 Å². The first-order chi connectivity index (χ1) is 56.3. The van der Waals surface area contributed by atoms with Crippen LogP contribution in [0.5, 0.6) is 0 Å². The predicted octanol–water partition coefficient (Wildman–Crippen LogP) is 22.8. The Balaban J connectivity index is 0.968. The number of aromatic nitrogens is 1. The minimum Gasteiger partial charge on any atom is -0.310 e. The second-order valence-corrected chi connectivity index (χ2v) is 34.8. The molecule has 16 aromatic carbocycles. The van der Waals surface area contributed by atoms with Crippen molar-refractivity contribution in [3.63, 3.8) is 0 Å². The monoisotopic (exact) mass is 1420 g/mol. The van der Waals surface area contributed by atoms with Crippen molar-refractivity contribution in [1.82, 2.24) is 4.57 Å². The first-order valence-electron chi connectivity index (χ1n) is 41.3. The summed E-state index contributed by atoms with van der Waals surface area (Å²) < 4.78 is 71.1. The molecule has 0 N–H and O–H groups in total. The van der Waals surface area contributed by atoms with Crippen LogP contribution in [0.3, 0.4) is 0 Å². The number of fused-ring (bicyclic) bond motifs is 7. The average Bonchev–Trinajstić information content (AvgIpc) is 0.761. The third-order valence-electron chi connectivity index (χ3n) is 22.5. The van der Waals surface area contributed by atoms with Crippen molar-refractivity contribution in [2.24, 2.45) is 0 Å². The van der Waals surface area contributed by atoms with Crippen LogP contribution in [0.2, 0.25) is 0 Å². The Kier molecular flexibility index (Phi) is 14.7. The van der Waals surface area contributed by atoms with E-state index in [1.807, 2.05) is 36.4 Å². The number of hydrogen-bond donors (Lipinski definition) is 0. The highest BCUT2D eigenvalue weighted by molar-refractivity contribution is 7.20. The molecule has 1 aromatic heterocycles. The molecule has 0 bridgehead atoms. The third kappa shape index (κ3) is 11.4. The van der Waals surface area contributed by atoms with E-state index in [9.17, 15) is 9.60 Å². The molecule has 0 fully saturated rings. The molecule has 0 spiro atoms. The van der Waals surface area contributed by atoms with Crippen molar-refractivity contribution in [3.8, 4) is 72.4 Å². The molecule has 5 heteroatoms. The van der Waals surface area contributed by atoms with E-state index < -0.39 is 32.3 Å². The topological polar surface area (TPSA) is 11.4 Å². The van der Waals surface area contributed by atoms with Crippen molar-refractivity contribution < 1.29 is 9.60 Å². The lowest BCUT2D eigenvalue weighted by molar-refractivity contribution is 0.590. The van der Waals surface area contributed by atoms with Crippen molar-refractivity contribution in [1.29, 1.82) is 0 Å². The van der Waals surface area contributed by atoms with Crippen molar-refractivity contribution in [2.45, 2.75) is 52.4 Å². The van der Waals surface area contributed by atoms with Gasteiger partial charge in [0.2, 0.25) is 0 Å². The maximum absolute atomic E-state index is 10.3. The van der Waals surface area contributed by atoms with Gasteiger partial charge in [0.1, 0.15) is 0 Å². The van der Waals surface area contributed by atoms with Gasteiger partial charge in [0, 0.05) is 61.5 Å². The standard InChI is InChI=1S/C104H82BN3Si/c1-103(2,3)79-66-89(75-40-21-10-22-41-75)102(90(67-79)76-42-23-11-24-43-76)108-97-70-81(106-94-53-32-31-50-88(94)91-64-77(56-62-95(91)106)71-34-15-7-16-35-71)58-61-92(97)105-93-65-78(72-54-59-85(60-55-72)109(82-44-25-12-26-45-82,83-46-27-13-28-47-83)84-48-29-14-30-49-84)57-63-96(93)107(98-68-80(104(4,5)6)69-99(108)100(98)105)101-86(73-36-17-8-18-37-73)51-33-52-87(101)74-38-19-9-20-39-74/h7-70H,1-6H3/i31D,32D,50D,53D,56D,62D,64D. The van der Waals surface area contributed by atoms with Gasteiger partial charge in [0.15, 0.2) is 8.07 Å². The Morgan fingerprint density at radius 1 is 0.294 bits per heavy atom. The molecule has 19 rings (SSSR count). The molecule has 109 heavy (non-hydrogen) atoms. The van der Waals surface area contributed by atoms with Gasteiger partial charge in [-0.3, -0.25) is 0 Å². The summed E-state index contributed by atoms with van der Waals surface area (Å²) in [5.74, 6) is 0. The molecule has 3 heterocycles. The number of nitrogens with zero attached hydrogens (tertiary/aromatic N) is 3. The van der Waals surface area contributed by atoms with Gasteiger partial charge in [-0.1, -0.05) is 369 Å². The lowest BCUT2D eigenvalue weighted by Crippen LogP contribution is -2.74. The lowest BCUT2D eigenvalue weighted by Gasteiger charge is -2.46. The van der Waals surface area contributed by atoms with Crippen LogP contribution in [-0.2, 0) is 10.8 Å². The second kappa shape index (κ2) is 26.9. The highest BCUT2D eigenvalue weighted by Crippen LogP contribution is 2.55. The van der Waals surface area contributed by atoms with Crippen LogP contribution in [0, 0.1) is 0 Å². The fraction of sp³-hybridized carbons (Fsp3) is 0.0769. The Morgan fingerprint density at radius 3 is 1.21 bits per heavy atom. The summed E-state index contributed by atoms with van der Waals surface area (Å²) >= 11 is 0. The minimum absolute atomic E-state index is 0.0984. The lowest BCUT2D eigenvalue weighted by atomic mass is 9.33. The Hall–Kier alpha value is -12.8. The fourth-order valence-corrected chi connectivity index (χ4v) is 21.9. The summed E-state index contributed by atoms with van der Waals surface area (Å²) in [6.07, 6.45) is 0. The highest BCUT2D eigenvalue weighted by atomic mass is 28.3. The maximum atomic E-state index is 10.3. The summed E-state index contributed by atoms with van der Waals surface area (Å²) in [4.78, 5) is 5.08. The molecule has 0 saturated heterocycles. The summed E-state index contributed by atoms with van der Waals surface area (Å²) in [5, 5.41) is 5.42. The van der Waals surface area contributed by atoms with Crippen molar-refractivity contribution >= 4 is 108 Å². The largest absolute Gasteiger partial charge is 0.310 e. The smallest absolute Gasteiger partial charge is 0.252 e. The van der Waals surface area contributed by atoms with Crippen molar-refractivity contribution in [2.75, 3.05) is 9.80 Å². The van der Waals surface area contributed by atoms with E-state index in [1.54, 1.807) is 4.57 Å². The van der Waals surface area contributed by atoms with E-state index in [-0.39, 0.29) is 63.0 Å². The third-order valence-corrected chi connectivity index (χ3v) is 27.3. The molecule has 520 valence electrons. The number of anilines is 6. The van der Waals surface area contributed by atoms with Gasteiger partial charge in [-0.15, -0.1) is 0 Å². The second-order valence-electron chi connectivity index (χ2n) is 31.0. The van der Waals surface area contributed by atoms with Crippen LogP contribution in [0.4, 0.5) is 34.1 Å². The Labute approximate surface area is 651 Å². The molecule has 2 aliphatic heterocycles. The minimum atomic E-state index is -2.94. The Bertz CT molecular complexity index is 6500. The predicted molar refractivity (Wildman–Crippen MR) is 468 cm³/mol. The Morgan fingerprint density at radius 2 is 0.706 bits per heavy atom. The van der Waals surface area contributed by atoms with Gasteiger partial charge >= 0.3 is 0 Å². The SMILES string of the molecule is [2H]c1c([2H])c([2H])c2c(c1[2H])c1c([2H])c(-c3ccccc3)c([2H])c([2H])c1n2-c1ccc2c(c1)N(c1c(-c3ccccc3)cc(C(C)(C)C)cc1-c1ccccc1)c1cc(C(C)(C)C)cc3c1B2c1cc(-c2ccc([Si](c4ccccc4)(c4ccccc4)c4ccccc4)cc2)ccc1N3c1c(-c2ccccc2)cccc1-c1ccccc1. The summed E-state index contributed by atoms with van der Waals surface area (Å²) in [5.41, 5.74) is 22.1.